The predicted octanol–water partition coefficient (Wildman–Crippen LogP) is 3.48. The molecular weight excluding hydrogens is 278 g/mol. The van der Waals surface area contributed by atoms with Crippen LogP contribution in [-0.2, 0) is 4.74 Å². The van der Waals surface area contributed by atoms with Gasteiger partial charge in [-0.3, -0.25) is 0 Å². The third-order valence-electron chi connectivity index (χ3n) is 1.62. The van der Waals surface area contributed by atoms with Gasteiger partial charge in [0.15, 0.2) is 0 Å². The molecule has 0 aliphatic rings. The Bertz CT molecular complexity index is 210. The van der Waals surface area contributed by atoms with E-state index in [0.29, 0.717) is 6.04 Å². The molecule has 0 saturated carbocycles. The highest BCUT2D eigenvalue weighted by Crippen LogP contribution is 2.35. The topological polar surface area (TPSA) is 9.23 Å². The van der Waals surface area contributed by atoms with Crippen LogP contribution in [-0.4, -0.2) is 33.2 Å². The van der Waals surface area contributed by atoms with Gasteiger partial charge in [-0.25, -0.2) is 4.39 Å². The van der Waals surface area contributed by atoms with Gasteiger partial charge in [-0.1, -0.05) is 6.55 Å². The maximum absolute atomic E-state index is 12.5. The van der Waals surface area contributed by atoms with Crippen LogP contribution in [0.25, 0.3) is 0 Å². The van der Waals surface area contributed by atoms with Crippen molar-refractivity contribution in [3.8, 4) is 0 Å². The van der Waals surface area contributed by atoms with E-state index >= 15 is 0 Å². The molecule has 0 amide bonds. The third-order valence-corrected chi connectivity index (χ3v) is 3.48. The Labute approximate surface area is 95.0 Å². The van der Waals surface area contributed by atoms with Crippen molar-refractivity contribution in [1.82, 2.24) is 0 Å². The molecule has 2 atom stereocenters. The van der Waals surface area contributed by atoms with Crippen LogP contribution in [0.2, 0.25) is 12.6 Å². The highest BCUT2D eigenvalue weighted by atomic mass is 35.6. The van der Waals surface area contributed by atoms with Gasteiger partial charge in [-0.05, 0) is 12.5 Å². The van der Waals surface area contributed by atoms with Crippen LogP contribution in [0, 0.1) is 0 Å². The average molecular weight is 289 g/mol. The first kappa shape index (κ1) is 16.0. The molecule has 0 aliphatic heterocycles. The summed E-state index contributed by atoms with van der Waals surface area (Å²) in [6, 6.07) is 0.431. The Kier molecular flexibility index (Phi) is 6.13. The molecule has 0 bridgehead atoms. The zero-order valence-electron chi connectivity index (χ0n) is 8.33. The molecule has 16 heavy (non-hydrogen) atoms. The predicted molar refractivity (Wildman–Crippen MR) is 50.1 cm³/mol. The summed E-state index contributed by atoms with van der Waals surface area (Å²) < 4.78 is 75.8. The molecule has 0 aromatic carbocycles. The van der Waals surface area contributed by atoms with Gasteiger partial charge in [0.05, 0.1) is 6.61 Å². The molecule has 0 rings (SSSR count). The van der Waals surface area contributed by atoms with Crippen molar-refractivity contribution >= 4 is 19.2 Å². The summed E-state index contributed by atoms with van der Waals surface area (Å²) in [5, 5.41) is 0. The van der Waals surface area contributed by atoms with E-state index in [2.05, 4.69) is 4.74 Å². The van der Waals surface area contributed by atoms with Crippen LogP contribution < -0.4 is 0 Å². The van der Waals surface area contributed by atoms with Crippen LogP contribution in [0.1, 0.15) is 6.42 Å². The fourth-order valence-corrected chi connectivity index (χ4v) is 2.03. The van der Waals surface area contributed by atoms with Gasteiger partial charge >= 0.3 is 12.3 Å². The van der Waals surface area contributed by atoms with Crippen LogP contribution >= 0.6 is 11.1 Å². The Hall–Kier alpha value is 0.0469. The average Bonchev–Trinajstić information content (AvgIpc) is 2.09. The lowest BCUT2D eigenvalue weighted by molar-refractivity contribution is -0.335. The van der Waals surface area contributed by atoms with Gasteiger partial charge in [-0.2, -0.15) is 33.0 Å². The molecule has 2 unspecified atom stereocenters. The maximum atomic E-state index is 12.5. The first-order chi connectivity index (χ1) is 7.07. The van der Waals surface area contributed by atoms with Gasteiger partial charge in [-0.15, -0.1) is 0 Å². The first-order valence-electron chi connectivity index (χ1n) is 4.44. The van der Waals surface area contributed by atoms with Crippen LogP contribution in [0.3, 0.4) is 0 Å². The van der Waals surface area contributed by atoms with Crippen LogP contribution in [0.15, 0.2) is 0 Å². The number of halogens is 7. The quantitative estimate of drug-likeness (QED) is 0.315. The standard InChI is InChI=1S/C7H11ClF6OSi/c1-16(8)4-2-3-15-7(13,14)5(9)6(10,11)12/h5,16H,2-4H2,1H3. The number of hydrogen-bond donors (Lipinski definition) is 0. The molecule has 9 heteroatoms. The van der Waals surface area contributed by atoms with E-state index in [4.69, 9.17) is 11.1 Å². The second-order valence-corrected chi connectivity index (χ2v) is 7.61. The Balaban J connectivity index is 4.05. The van der Waals surface area contributed by atoms with Crippen molar-refractivity contribution < 1.29 is 31.1 Å². The van der Waals surface area contributed by atoms with E-state index in [0.717, 1.165) is 0 Å². The van der Waals surface area contributed by atoms with Crippen molar-refractivity contribution in [2.75, 3.05) is 6.61 Å². The van der Waals surface area contributed by atoms with Gasteiger partial charge in [0.25, 0.3) is 6.17 Å². The fourth-order valence-electron chi connectivity index (χ4n) is 0.837. The van der Waals surface area contributed by atoms with E-state index in [1.807, 2.05) is 0 Å². The number of ether oxygens (including phenoxy) is 1. The fraction of sp³-hybridized carbons (Fsp3) is 1.00. The molecule has 0 fully saturated rings. The summed E-state index contributed by atoms with van der Waals surface area (Å²) in [5.74, 6) is 0. The smallest absolute Gasteiger partial charge is 0.318 e. The minimum absolute atomic E-state index is 0.0943. The number of rotatable bonds is 6. The molecule has 0 aliphatic carbocycles. The monoisotopic (exact) mass is 288 g/mol. The van der Waals surface area contributed by atoms with Crippen molar-refractivity contribution in [2.24, 2.45) is 0 Å². The minimum Gasteiger partial charge on any atom is -0.318 e. The van der Waals surface area contributed by atoms with E-state index in [1.165, 1.54) is 0 Å². The molecule has 0 saturated heterocycles. The van der Waals surface area contributed by atoms with Crippen molar-refractivity contribution in [3.63, 3.8) is 0 Å². The summed E-state index contributed by atoms with van der Waals surface area (Å²) in [7, 11) is -1.48. The molecule has 98 valence electrons. The largest absolute Gasteiger partial charge is 0.428 e. The second kappa shape index (κ2) is 6.11. The summed E-state index contributed by atoms with van der Waals surface area (Å²) in [6.07, 6.45) is -14.7. The normalized spacial score (nSPS) is 17.2. The lowest BCUT2D eigenvalue weighted by atomic mass is 10.3. The third kappa shape index (κ3) is 5.95. The van der Waals surface area contributed by atoms with Crippen molar-refractivity contribution in [2.45, 2.75) is 37.5 Å². The number of alkyl halides is 6. The molecule has 0 heterocycles. The first-order valence-corrected chi connectivity index (χ1v) is 8.15. The molecule has 0 spiro atoms. The summed E-state index contributed by atoms with van der Waals surface area (Å²) in [5.41, 5.74) is 0. The lowest BCUT2D eigenvalue weighted by Gasteiger charge is -2.22. The SMILES string of the molecule is C[SiH](Cl)CCCOC(F)(F)C(F)C(F)(F)F. The summed E-state index contributed by atoms with van der Waals surface area (Å²) >= 11 is 5.60. The Morgan fingerprint density at radius 1 is 1.25 bits per heavy atom. The zero-order valence-corrected chi connectivity index (χ0v) is 10.2. The molecule has 0 radical (unpaired) electrons. The molecule has 1 nitrogen and oxygen atoms in total. The summed E-state index contributed by atoms with van der Waals surface area (Å²) in [4.78, 5) is 0. The Morgan fingerprint density at radius 3 is 2.12 bits per heavy atom. The number of hydrogen-bond acceptors (Lipinski definition) is 1. The molecule has 0 N–H and O–H groups in total. The van der Waals surface area contributed by atoms with Gasteiger partial charge in [0, 0.05) is 0 Å². The van der Waals surface area contributed by atoms with E-state index in [1.54, 1.807) is 6.55 Å². The van der Waals surface area contributed by atoms with Gasteiger partial charge in [0.1, 0.15) is 8.11 Å². The van der Waals surface area contributed by atoms with E-state index in [-0.39, 0.29) is 6.42 Å². The molecular formula is C7H11ClF6OSi. The summed E-state index contributed by atoms with van der Waals surface area (Å²) in [6.45, 7) is 1.08. The highest BCUT2D eigenvalue weighted by Gasteiger charge is 2.58. The second-order valence-electron chi connectivity index (χ2n) is 3.24. The van der Waals surface area contributed by atoms with Gasteiger partial charge < -0.3 is 4.74 Å². The zero-order chi connectivity index (χ0) is 13.0. The van der Waals surface area contributed by atoms with Crippen molar-refractivity contribution in [1.29, 1.82) is 0 Å². The van der Waals surface area contributed by atoms with Gasteiger partial charge in [0.2, 0.25) is 0 Å². The van der Waals surface area contributed by atoms with Crippen LogP contribution in [0.4, 0.5) is 26.3 Å². The molecule has 0 aromatic heterocycles. The Morgan fingerprint density at radius 2 is 1.75 bits per heavy atom. The lowest BCUT2D eigenvalue weighted by Crippen LogP contribution is -2.43. The van der Waals surface area contributed by atoms with E-state index < -0.39 is 33.2 Å². The maximum Gasteiger partial charge on any atom is 0.428 e. The molecule has 0 aromatic rings. The minimum atomic E-state index is -5.63. The highest BCUT2D eigenvalue weighted by molar-refractivity contribution is 7.06. The van der Waals surface area contributed by atoms with Crippen LogP contribution in [0.5, 0.6) is 0 Å². The van der Waals surface area contributed by atoms with Crippen molar-refractivity contribution in [3.05, 3.63) is 0 Å². The van der Waals surface area contributed by atoms with E-state index in [9.17, 15) is 26.3 Å².